The molecule has 2 N–H and O–H groups in total. The number of piperidine rings is 1. The van der Waals surface area contributed by atoms with E-state index in [0.717, 1.165) is 31.4 Å². The van der Waals surface area contributed by atoms with E-state index in [1.807, 2.05) is 31.2 Å². The number of anilines is 1. The first kappa shape index (κ1) is 16.1. The highest BCUT2D eigenvalue weighted by molar-refractivity contribution is 6.21. The van der Waals surface area contributed by atoms with Gasteiger partial charge in [0, 0.05) is 13.0 Å². The van der Waals surface area contributed by atoms with Crippen LogP contribution in [0.4, 0.5) is 5.69 Å². The van der Waals surface area contributed by atoms with E-state index in [9.17, 15) is 14.7 Å². The summed E-state index contributed by atoms with van der Waals surface area (Å²) in [6, 6.07) is 7.51. The summed E-state index contributed by atoms with van der Waals surface area (Å²) in [5.41, 5.74) is 1.78. The van der Waals surface area contributed by atoms with Crippen LogP contribution in [0.3, 0.4) is 0 Å². The number of hydrogen-bond acceptors (Lipinski definition) is 3. The van der Waals surface area contributed by atoms with Gasteiger partial charge in [-0.05, 0) is 38.3 Å². The molecule has 23 heavy (non-hydrogen) atoms. The minimum absolute atomic E-state index is 0.0845. The second kappa shape index (κ2) is 6.81. The summed E-state index contributed by atoms with van der Waals surface area (Å²) in [6.07, 6.45) is 4.24. The monoisotopic (exact) mass is 317 g/mol. The van der Waals surface area contributed by atoms with Gasteiger partial charge in [0.05, 0.1) is 24.7 Å². The van der Waals surface area contributed by atoms with Crippen molar-refractivity contribution >= 4 is 17.5 Å². The molecule has 2 aliphatic rings. The van der Waals surface area contributed by atoms with Gasteiger partial charge in [0.15, 0.2) is 6.04 Å². The first-order chi connectivity index (χ1) is 11.1. The fourth-order valence-corrected chi connectivity index (χ4v) is 3.94. The predicted octanol–water partition coefficient (Wildman–Crippen LogP) is 0.447. The molecule has 0 bridgehead atoms. The maximum absolute atomic E-state index is 12.9. The number of carbonyl (C=O) groups excluding carboxylic acids is 2. The molecule has 124 valence electrons. The van der Waals surface area contributed by atoms with Crippen LogP contribution < -0.4 is 9.80 Å². The van der Waals surface area contributed by atoms with Gasteiger partial charge < -0.3 is 10.0 Å². The predicted molar refractivity (Wildman–Crippen MR) is 87.2 cm³/mol. The Morgan fingerprint density at radius 2 is 1.96 bits per heavy atom. The minimum Gasteiger partial charge on any atom is -0.396 e. The van der Waals surface area contributed by atoms with E-state index in [1.54, 1.807) is 0 Å². The number of carbonyl (C=O) groups is 2. The molecule has 0 spiro atoms. The highest BCUT2D eigenvalue weighted by Gasteiger charge is 2.48. The van der Waals surface area contributed by atoms with Crippen molar-refractivity contribution in [1.82, 2.24) is 0 Å². The molecular weight excluding hydrogens is 292 g/mol. The van der Waals surface area contributed by atoms with Crippen molar-refractivity contribution in [3.8, 4) is 0 Å². The van der Waals surface area contributed by atoms with Gasteiger partial charge in [-0.3, -0.25) is 9.59 Å². The highest BCUT2D eigenvalue weighted by atomic mass is 16.3. The van der Waals surface area contributed by atoms with Gasteiger partial charge in [0.1, 0.15) is 0 Å². The normalized spacial score (nSPS) is 28.4. The smallest absolute Gasteiger partial charge is 0.292 e. The van der Waals surface area contributed by atoms with Gasteiger partial charge in [-0.15, -0.1) is 0 Å². The number of aryl methyl sites for hydroxylation is 1. The standard InChI is InChI=1S/C18H24N2O3/c1-13-5-7-15(8-6-13)20-17(22)12-16(18(20)23)19-10-3-2-4-14(19)9-11-21/h5-8,14,16,21H,2-4,9-12H2,1H3/p+1/t14-,16-/m1/s1. The molecule has 1 unspecified atom stereocenters. The topological polar surface area (TPSA) is 62.1 Å². The Hall–Kier alpha value is -1.72. The van der Waals surface area contributed by atoms with Crippen LogP contribution in [-0.2, 0) is 9.59 Å². The Kier molecular flexibility index (Phi) is 4.78. The number of amides is 2. The summed E-state index contributed by atoms with van der Waals surface area (Å²) in [7, 11) is 0. The van der Waals surface area contributed by atoms with Crippen molar-refractivity contribution in [2.45, 2.75) is 51.1 Å². The zero-order valence-electron chi connectivity index (χ0n) is 13.6. The third-order valence-electron chi connectivity index (χ3n) is 5.16. The highest BCUT2D eigenvalue weighted by Crippen LogP contribution is 2.23. The molecule has 1 aromatic rings. The largest absolute Gasteiger partial charge is 0.396 e. The average molecular weight is 317 g/mol. The molecule has 2 aliphatic heterocycles. The molecule has 2 heterocycles. The number of nitrogens with one attached hydrogen (secondary N) is 1. The Morgan fingerprint density at radius 1 is 1.22 bits per heavy atom. The average Bonchev–Trinajstić information content (AvgIpc) is 2.84. The second-order valence-electron chi connectivity index (χ2n) is 6.69. The maximum atomic E-state index is 12.9. The lowest BCUT2D eigenvalue weighted by atomic mass is 9.97. The van der Waals surface area contributed by atoms with Crippen LogP contribution >= 0.6 is 0 Å². The summed E-state index contributed by atoms with van der Waals surface area (Å²) in [5, 5.41) is 9.28. The van der Waals surface area contributed by atoms with Crippen LogP contribution in [0.25, 0.3) is 0 Å². The molecule has 2 fully saturated rings. The molecule has 0 aliphatic carbocycles. The van der Waals surface area contributed by atoms with Gasteiger partial charge >= 0.3 is 0 Å². The summed E-state index contributed by atoms with van der Waals surface area (Å²) in [4.78, 5) is 27.8. The van der Waals surface area contributed by atoms with Crippen LogP contribution in [0.2, 0.25) is 0 Å². The summed E-state index contributed by atoms with van der Waals surface area (Å²) >= 11 is 0. The zero-order valence-corrected chi connectivity index (χ0v) is 13.6. The first-order valence-electron chi connectivity index (χ1n) is 8.51. The number of nitrogens with zero attached hydrogens (tertiary/aromatic N) is 1. The molecule has 2 amide bonds. The Balaban J connectivity index is 1.81. The third kappa shape index (κ3) is 3.16. The van der Waals surface area contributed by atoms with Crippen LogP contribution in [-0.4, -0.2) is 42.2 Å². The van der Waals surface area contributed by atoms with Gasteiger partial charge in [0.2, 0.25) is 5.91 Å². The van der Waals surface area contributed by atoms with Crippen LogP contribution in [0.15, 0.2) is 24.3 Å². The Morgan fingerprint density at radius 3 is 2.65 bits per heavy atom. The van der Waals surface area contributed by atoms with E-state index in [0.29, 0.717) is 12.1 Å². The van der Waals surface area contributed by atoms with E-state index in [-0.39, 0.29) is 36.9 Å². The number of quaternary nitrogens is 1. The van der Waals surface area contributed by atoms with Crippen molar-refractivity contribution in [3.63, 3.8) is 0 Å². The lowest BCUT2D eigenvalue weighted by Gasteiger charge is -2.35. The van der Waals surface area contributed by atoms with Crippen molar-refractivity contribution in [1.29, 1.82) is 0 Å². The van der Waals surface area contributed by atoms with Crippen LogP contribution in [0, 0.1) is 6.92 Å². The third-order valence-corrected chi connectivity index (χ3v) is 5.16. The molecular formula is C18H25N2O3+. The van der Waals surface area contributed by atoms with E-state index in [4.69, 9.17) is 0 Å². The summed E-state index contributed by atoms with van der Waals surface area (Å²) in [5.74, 6) is -0.191. The lowest BCUT2D eigenvalue weighted by Crippen LogP contribution is -3.20. The fourth-order valence-electron chi connectivity index (χ4n) is 3.94. The Labute approximate surface area is 136 Å². The summed E-state index contributed by atoms with van der Waals surface area (Å²) < 4.78 is 0. The molecule has 3 atom stereocenters. The van der Waals surface area contributed by atoms with Crippen molar-refractivity contribution in [2.75, 3.05) is 18.1 Å². The zero-order chi connectivity index (χ0) is 16.4. The minimum atomic E-state index is -0.291. The number of aliphatic hydroxyl groups is 1. The summed E-state index contributed by atoms with van der Waals surface area (Å²) in [6.45, 7) is 3.04. The molecule has 3 rings (SSSR count). The molecule has 0 aromatic heterocycles. The van der Waals surface area contributed by atoms with Crippen LogP contribution in [0.1, 0.15) is 37.7 Å². The fraction of sp³-hybridized carbons (Fsp3) is 0.556. The van der Waals surface area contributed by atoms with Gasteiger partial charge in [-0.25, -0.2) is 4.90 Å². The lowest BCUT2D eigenvalue weighted by molar-refractivity contribution is -0.945. The van der Waals surface area contributed by atoms with E-state index < -0.39 is 0 Å². The van der Waals surface area contributed by atoms with Gasteiger partial charge in [0.25, 0.3) is 5.91 Å². The number of aliphatic hydroxyl groups excluding tert-OH is 1. The number of rotatable bonds is 4. The molecule has 0 saturated carbocycles. The Bertz CT molecular complexity index is 582. The van der Waals surface area contributed by atoms with Crippen molar-refractivity contribution in [2.24, 2.45) is 0 Å². The number of hydrogen-bond donors (Lipinski definition) is 2. The molecule has 2 saturated heterocycles. The first-order valence-corrected chi connectivity index (χ1v) is 8.51. The number of likely N-dealkylation sites (tertiary alicyclic amines) is 1. The van der Waals surface area contributed by atoms with E-state index in [2.05, 4.69) is 0 Å². The number of benzene rings is 1. The quantitative estimate of drug-likeness (QED) is 0.793. The van der Waals surface area contributed by atoms with E-state index in [1.165, 1.54) is 9.80 Å². The SMILES string of the molecule is Cc1ccc(N2C(=O)C[C@@H]([NH+]3CCCC[C@@H]3CCO)C2=O)cc1. The van der Waals surface area contributed by atoms with Gasteiger partial charge in [-0.2, -0.15) is 0 Å². The van der Waals surface area contributed by atoms with Crippen LogP contribution in [0.5, 0.6) is 0 Å². The van der Waals surface area contributed by atoms with E-state index >= 15 is 0 Å². The van der Waals surface area contributed by atoms with Crippen molar-refractivity contribution in [3.05, 3.63) is 29.8 Å². The molecule has 0 radical (unpaired) electrons. The number of imide groups is 1. The molecule has 5 nitrogen and oxygen atoms in total. The van der Waals surface area contributed by atoms with Crippen molar-refractivity contribution < 1.29 is 19.6 Å². The second-order valence-corrected chi connectivity index (χ2v) is 6.69. The molecule has 5 heteroatoms. The maximum Gasteiger partial charge on any atom is 0.292 e. The molecule has 1 aromatic carbocycles. The van der Waals surface area contributed by atoms with Gasteiger partial charge in [-0.1, -0.05) is 17.7 Å².